The lowest BCUT2D eigenvalue weighted by atomic mass is 10.1. The number of benzene rings is 2. The van der Waals surface area contributed by atoms with Gasteiger partial charge in [0.2, 0.25) is 0 Å². The van der Waals surface area contributed by atoms with E-state index < -0.39 is 0 Å². The van der Waals surface area contributed by atoms with Crippen molar-refractivity contribution < 1.29 is 4.74 Å². The second kappa shape index (κ2) is 6.09. The molecule has 0 aliphatic rings. The van der Waals surface area contributed by atoms with Crippen LogP contribution < -0.4 is 10.5 Å². The summed E-state index contributed by atoms with van der Waals surface area (Å²) in [6.45, 7) is 4.69. The molecular weight excluding hydrogens is 258 g/mol. The monoisotopic (exact) mass is 275 g/mol. The molecule has 0 spiro atoms. The first-order valence-corrected chi connectivity index (χ1v) is 6.71. The average molecular weight is 276 g/mol. The molecule has 0 aliphatic carbocycles. The summed E-state index contributed by atoms with van der Waals surface area (Å²) < 4.78 is 5.86. The highest BCUT2D eigenvalue weighted by atomic mass is 35.5. The van der Waals surface area contributed by atoms with Gasteiger partial charge in [0.25, 0.3) is 0 Å². The Balaban J connectivity index is 2.21. The molecule has 2 rings (SSSR count). The molecule has 0 amide bonds. The smallest absolute Gasteiger partial charge is 0.130 e. The quantitative estimate of drug-likeness (QED) is 0.905. The van der Waals surface area contributed by atoms with Crippen LogP contribution in [-0.4, -0.2) is 6.54 Å². The minimum atomic E-state index is 0.594. The minimum Gasteiger partial charge on any atom is -0.457 e. The molecule has 0 aliphatic heterocycles. The average Bonchev–Trinajstić information content (AvgIpc) is 2.36. The van der Waals surface area contributed by atoms with Crippen LogP contribution in [0.3, 0.4) is 0 Å². The van der Waals surface area contributed by atoms with Gasteiger partial charge in [-0.15, -0.1) is 0 Å². The SMILES string of the molecule is Cc1ccc(Oc2ccc(CCN)c(Cl)c2)c(C)c1. The van der Waals surface area contributed by atoms with E-state index in [4.69, 9.17) is 22.1 Å². The third-order valence-corrected chi connectivity index (χ3v) is 3.35. The summed E-state index contributed by atoms with van der Waals surface area (Å²) in [5.74, 6) is 1.60. The van der Waals surface area contributed by atoms with Crippen molar-refractivity contribution in [3.8, 4) is 11.5 Å². The number of halogens is 1. The summed E-state index contributed by atoms with van der Waals surface area (Å²) in [7, 11) is 0. The Labute approximate surface area is 119 Å². The van der Waals surface area contributed by atoms with Crippen molar-refractivity contribution in [2.45, 2.75) is 20.3 Å². The third-order valence-electron chi connectivity index (χ3n) is 3.00. The van der Waals surface area contributed by atoms with Gasteiger partial charge in [-0.1, -0.05) is 35.4 Å². The molecule has 100 valence electrons. The lowest BCUT2D eigenvalue weighted by Crippen LogP contribution is -2.03. The molecule has 2 N–H and O–H groups in total. The molecule has 0 saturated heterocycles. The molecule has 0 aromatic heterocycles. The van der Waals surface area contributed by atoms with Crippen LogP contribution in [0.25, 0.3) is 0 Å². The third kappa shape index (κ3) is 3.49. The van der Waals surface area contributed by atoms with Crippen molar-refractivity contribution in [3.05, 3.63) is 58.1 Å². The highest BCUT2D eigenvalue weighted by Gasteiger charge is 2.05. The molecule has 0 heterocycles. The maximum absolute atomic E-state index is 6.20. The summed E-state index contributed by atoms with van der Waals surface area (Å²) in [5.41, 5.74) is 8.92. The van der Waals surface area contributed by atoms with E-state index in [-0.39, 0.29) is 0 Å². The van der Waals surface area contributed by atoms with E-state index in [0.29, 0.717) is 11.6 Å². The Morgan fingerprint density at radius 2 is 1.89 bits per heavy atom. The Kier molecular flexibility index (Phi) is 4.46. The van der Waals surface area contributed by atoms with Gasteiger partial charge in [0, 0.05) is 5.02 Å². The highest BCUT2D eigenvalue weighted by molar-refractivity contribution is 6.31. The number of aryl methyl sites for hydroxylation is 2. The number of ether oxygens (including phenoxy) is 1. The predicted octanol–water partition coefficient (Wildman–Crippen LogP) is 4.25. The van der Waals surface area contributed by atoms with Gasteiger partial charge in [-0.2, -0.15) is 0 Å². The van der Waals surface area contributed by atoms with E-state index in [9.17, 15) is 0 Å². The van der Waals surface area contributed by atoms with Crippen LogP contribution in [0, 0.1) is 13.8 Å². The minimum absolute atomic E-state index is 0.594. The van der Waals surface area contributed by atoms with E-state index in [0.717, 1.165) is 29.0 Å². The van der Waals surface area contributed by atoms with Crippen LogP contribution in [0.15, 0.2) is 36.4 Å². The van der Waals surface area contributed by atoms with E-state index in [2.05, 4.69) is 13.0 Å². The van der Waals surface area contributed by atoms with E-state index >= 15 is 0 Å². The number of rotatable bonds is 4. The van der Waals surface area contributed by atoms with Crippen LogP contribution in [-0.2, 0) is 6.42 Å². The van der Waals surface area contributed by atoms with Crippen molar-refractivity contribution in [1.29, 1.82) is 0 Å². The fourth-order valence-corrected chi connectivity index (χ4v) is 2.26. The summed E-state index contributed by atoms with van der Waals surface area (Å²) >= 11 is 6.20. The van der Waals surface area contributed by atoms with Crippen molar-refractivity contribution >= 4 is 11.6 Å². The van der Waals surface area contributed by atoms with Gasteiger partial charge >= 0.3 is 0 Å². The van der Waals surface area contributed by atoms with Gasteiger partial charge in [0.1, 0.15) is 11.5 Å². The second-order valence-electron chi connectivity index (χ2n) is 4.66. The van der Waals surface area contributed by atoms with Crippen molar-refractivity contribution in [2.24, 2.45) is 5.73 Å². The summed E-state index contributed by atoms with van der Waals surface area (Å²) in [6, 6.07) is 11.8. The van der Waals surface area contributed by atoms with E-state index in [1.165, 1.54) is 5.56 Å². The van der Waals surface area contributed by atoms with Crippen LogP contribution in [0.5, 0.6) is 11.5 Å². The maximum Gasteiger partial charge on any atom is 0.130 e. The van der Waals surface area contributed by atoms with Crippen molar-refractivity contribution in [2.75, 3.05) is 6.54 Å². The van der Waals surface area contributed by atoms with Crippen LogP contribution in [0.4, 0.5) is 0 Å². The lowest BCUT2D eigenvalue weighted by molar-refractivity contribution is 0.478. The second-order valence-corrected chi connectivity index (χ2v) is 5.07. The molecule has 0 radical (unpaired) electrons. The van der Waals surface area contributed by atoms with Gasteiger partial charge < -0.3 is 10.5 Å². The Morgan fingerprint density at radius 3 is 2.53 bits per heavy atom. The molecule has 2 aromatic rings. The van der Waals surface area contributed by atoms with Gasteiger partial charge in [-0.3, -0.25) is 0 Å². The number of nitrogens with two attached hydrogens (primary N) is 1. The van der Waals surface area contributed by atoms with Gasteiger partial charge in [0.15, 0.2) is 0 Å². The maximum atomic E-state index is 6.20. The first kappa shape index (κ1) is 13.9. The van der Waals surface area contributed by atoms with Crippen LogP contribution in [0.1, 0.15) is 16.7 Å². The standard InChI is InChI=1S/C16H18ClNO/c1-11-3-6-16(12(2)9-11)19-14-5-4-13(7-8-18)15(17)10-14/h3-6,9-10H,7-8,18H2,1-2H3. The first-order valence-electron chi connectivity index (χ1n) is 6.34. The molecular formula is C16H18ClNO. The summed E-state index contributed by atoms with van der Waals surface area (Å²) in [5, 5.41) is 0.702. The van der Waals surface area contributed by atoms with Gasteiger partial charge in [-0.25, -0.2) is 0 Å². The van der Waals surface area contributed by atoms with E-state index in [1.54, 1.807) is 0 Å². The Hall–Kier alpha value is -1.51. The zero-order valence-corrected chi connectivity index (χ0v) is 12.0. The number of hydrogen-bond acceptors (Lipinski definition) is 2. The zero-order chi connectivity index (χ0) is 13.8. The molecule has 2 nitrogen and oxygen atoms in total. The van der Waals surface area contributed by atoms with Crippen molar-refractivity contribution in [1.82, 2.24) is 0 Å². The molecule has 0 bridgehead atoms. The zero-order valence-electron chi connectivity index (χ0n) is 11.2. The van der Waals surface area contributed by atoms with Crippen LogP contribution in [0.2, 0.25) is 5.02 Å². The topological polar surface area (TPSA) is 35.2 Å². The normalized spacial score (nSPS) is 10.5. The summed E-state index contributed by atoms with van der Waals surface area (Å²) in [6.07, 6.45) is 0.780. The Morgan fingerprint density at radius 1 is 1.11 bits per heavy atom. The van der Waals surface area contributed by atoms with Gasteiger partial charge in [0.05, 0.1) is 0 Å². The molecule has 2 aromatic carbocycles. The molecule has 0 unspecified atom stereocenters. The molecule has 0 saturated carbocycles. The first-order chi connectivity index (χ1) is 9.10. The fraction of sp³-hybridized carbons (Fsp3) is 0.250. The van der Waals surface area contributed by atoms with E-state index in [1.807, 2.05) is 37.3 Å². The van der Waals surface area contributed by atoms with Gasteiger partial charge in [-0.05, 0) is 56.1 Å². The van der Waals surface area contributed by atoms with Crippen molar-refractivity contribution in [3.63, 3.8) is 0 Å². The fourth-order valence-electron chi connectivity index (χ4n) is 1.99. The molecule has 3 heteroatoms. The molecule has 0 atom stereocenters. The highest BCUT2D eigenvalue weighted by Crippen LogP contribution is 2.29. The molecule has 0 fully saturated rings. The summed E-state index contributed by atoms with van der Waals surface area (Å²) in [4.78, 5) is 0. The molecule has 19 heavy (non-hydrogen) atoms. The number of hydrogen-bond donors (Lipinski definition) is 1. The largest absolute Gasteiger partial charge is 0.457 e. The van der Waals surface area contributed by atoms with Crippen LogP contribution >= 0.6 is 11.6 Å². The lowest BCUT2D eigenvalue weighted by Gasteiger charge is -2.11. The predicted molar refractivity (Wildman–Crippen MR) is 80.2 cm³/mol. The Bertz CT molecular complexity index is 581.